The van der Waals surface area contributed by atoms with Gasteiger partial charge in [0.25, 0.3) is 0 Å². The first-order valence-electron chi connectivity index (χ1n) is 12.7. The SMILES string of the molecule is C\C=C/C=C\C(=C(/C)CNc1cc2nc(-c3ccco3)nn2c(N)n1)N1CCN(C(=O)OC(C)(C)C)CC1. The summed E-state index contributed by atoms with van der Waals surface area (Å²) in [6.07, 6.45) is 9.40. The van der Waals surface area contributed by atoms with Crippen LogP contribution in [0, 0.1) is 0 Å². The normalized spacial score (nSPS) is 15.5. The molecule has 0 atom stereocenters. The topological polar surface area (TPSA) is 127 Å². The van der Waals surface area contributed by atoms with E-state index in [1.54, 1.807) is 29.4 Å². The molecule has 3 aromatic heterocycles. The van der Waals surface area contributed by atoms with Gasteiger partial charge in [-0.1, -0.05) is 18.2 Å². The van der Waals surface area contributed by atoms with E-state index >= 15 is 0 Å². The number of nitrogen functional groups attached to an aromatic ring is 1. The number of nitrogens with one attached hydrogen (secondary N) is 1. The number of amides is 1. The number of anilines is 2. The molecule has 1 aliphatic heterocycles. The largest absolute Gasteiger partial charge is 0.461 e. The molecule has 1 fully saturated rings. The second-order valence-electron chi connectivity index (χ2n) is 10.0. The number of carbonyl (C=O) groups is 1. The number of ether oxygens (including phenoxy) is 1. The highest BCUT2D eigenvalue weighted by Crippen LogP contribution is 2.21. The van der Waals surface area contributed by atoms with Crippen LogP contribution in [0.1, 0.15) is 34.6 Å². The average molecular weight is 521 g/mol. The first-order chi connectivity index (χ1) is 18.1. The molecule has 0 saturated carbocycles. The van der Waals surface area contributed by atoms with Crippen molar-refractivity contribution in [3.05, 3.63) is 60.0 Å². The van der Waals surface area contributed by atoms with Crippen molar-refractivity contribution in [1.82, 2.24) is 29.4 Å². The number of carbonyl (C=O) groups excluding carboxylic acids is 1. The maximum atomic E-state index is 12.5. The second-order valence-corrected chi connectivity index (χ2v) is 10.0. The quantitative estimate of drug-likeness (QED) is 0.437. The van der Waals surface area contributed by atoms with E-state index in [-0.39, 0.29) is 12.0 Å². The average Bonchev–Trinajstić information content (AvgIpc) is 3.55. The number of piperazine rings is 1. The molecule has 4 heterocycles. The van der Waals surface area contributed by atoms with E-state index in [0.717, 1.165) is 11.3 Å². The molecule has 38 heavy (non-hydrogen) atoms. The highest BCUT2D eigenvalue weighted by molar-refractivity contribution is 5.68. The van der Waals surface area contributed by atoms with Crippen LogP contribution in [-0.2, 0) is 4.74 Å². The van der Waals surface area contributed by atoms with Gasteiger partial charge in [-0.3, -0.25) is 0 Å². The van der Waals surface area contributed by atoms with E-state index in [1.165, 1.54) is 4.52 Å². The van der Waals surface area contributed by atoms with E-state index in [0.29, 0.717) is 55.8 Å². The van der Waals surface area contributed by atoms with Crippen LogP contribution in [0.3, 0.4) is 0 Å². The molecule has 0 radical (unpaired) electrons. The van der Waals surface area contributed by atoms with E-state index in [2.05, 4.69) is 38.3 Å². The Kier molecular flexibility index (Phi) is 8.04. The molecule has 0 aliphatic carbocycles. The molecule has 3 N–H and O–H groups in total. The first kappa shape index (κ1) is 26.8. The van der Waals surface area contributed by atoms with Gasteiger partial charge in [0.2, 0.25) is 11.8 Å². The summed E-state index contributed by atoms with van der Waals surface area (Å²) in [6.45, 7) is 12.8. The minimum Gasteiger partial charge on any atom is -0.461 e. The Hall–Kier alpha value is -4.28. The lowest BCUT2D eigenvalue weighted by Crippen LogP contribution is -2.49. The smallest absolute Gasteiger partial charge is 0.410 e. The summed E-state index contributed by atoms with van der Waals surface area (Å²) in [7, 11) is 0. The fourth-order valence-electron chi connectivity index (χ4n) is 4.06. The van der Waals surface area contributed by atoms with Gasteiger partial charge in [-0.15, -0.1) is 5.10 Å². The molecule has 0 aromatic carbocycles. The Morgan fingerprint density at radius 1 is 1.18 bits per heavy atom. The summed E-state index contributed by atoms with van der Waals surface area (Å²) in [5, 5.41) is 7.76. The number of aromatic nitrogens is 4. The number of allylic oxidation sites excluding steroid dienone is 4. The van der Waals surface area contributed by atoms with Gasteiger partial charge in [0.05, 0.1) is 6.26 Å². The van der Waals surface area contributed by atoms with Crippen LogP contribution >= 0.6 is 0 Å². The third-order valence-corrected chi connectivity index (χ3v) is 5.89. The Morgan fingerprint density at radius 2 is 1.92 bits per heavy atom. The minimum atomic E-state index is -0.510. The third kappa shape index (κ3) is 6.53. The van der Waals surface area contributed by atoms with Crippen molar-refractivity contribution in [1.29, 1.82) is 0 Å². The summed E-state index contributed by atoms with van der Waals surface area (Å²) in [5.41, 5.74) is 8.43. The Bertz CT molecular complexity index is 1340. The predicted molar refractivity (Wildman–Crippen MR) is 147 cm³/mol. The number of hydrogen-bond donors (Lipinski definition) is 2. The molecule has 11 nitrogen and oxygen atoms in total. The van der Waals surface area contributed by atoms with Crippen LogP contribution in [-0.4, -0.2) is 73.8 Å². The number of hydrogen-bond acceptors (Lipinski definition) is 9. The zero-order valence-corrected chi connectivity index (χ0v) is 22.6. The zero-order chi connectivity index (χ0) is 27.3. The van der Waals surface area contributed by atoms with Gasteiger partial charge in [0.15, 0.2) is 11.4 Å². The van der Waals surface area contributed by atoms with Gasteiger partial charge in [-0.05, 0) is 58.4 Å². The summed E-state index contributed by atoms with van der Waals surface area (Å²) < 4.78 is 12.4. The zero-order valence-electron chi connectivity index (χ0n) is 22.6. The lowest BCUT2D eigenvalue weighted by atomic mass is 10.1. The van der Waals surface area contributed by atoms with Crippen molar-refractivity contribution < 1.29 is 13.9 Å². The van der Waals surface area contributed by atoms with Crippen molar-refractivity contribution in [3.8, 4) is 11.6 Å². The fourth-order valence-corrected chi connectivity index (χ4v) is 4.06. The number of nitrogens with two attached hydrogens (primary N) is 1. The van der Waals surface area contributed by atoms with Crippen molar-refractivity contribution in [2.75, 3.05) is 43.8 Å². The Labute approximate surface area is 222 Å². The van der Waals surface area contributed by atoms with Crippen molar-refractivity contribution >= 4 is 23.5 Å². The fraction of sp³-hybridized carbons (Fsp3) is 0.407. The molecule has 1 amide bonds. The minimum absolute atomic E-state index is 0.225. The van der Waals surface area contributed by atoms with Crippen LogP contribution in [0.25, 0.3) is 17.2 Å². The summed E-state index contributed by atoms with van der Waals surface area (Å²) in [4.78, 5) is 25.5. The number of fused-ring (bicyclic) bond motifs is 1. The van der Waals surface area contributed by atoms with Gasteiger partial charge >= 0.3 is 6.09 Å². The molecular formula is C27H36N8O3. The van der Waals surface area contributed by atoms with Crippen molar-refractivity contribution in [2.24, 2.45) is 0 Å². The Balaban J connectivity index is 1.48. The molecule has 0 spiro atoms. The lowest BCUT2D eigenvalue weighted by molar-refractivity contribution is 0.0170. The van der Waals surface area contributed by atoms with Gasteiger partial charge in [0.1, 0.15) is 11.4 Å². The lowest BCUT2D eigenvalue weighted by Gasteiger charge is -2.38. The molecule has 1 saturated heterocycles. The number of furan rings is 1. The van der Waals surface area contributed by atoms with E-state index in [4.69, 9.17) is 14.9 Å². The molecule has 3 aromatic rings. The third-order valence-electron chi connectivity index (χ3n) is 5.89. The highest BCUT2D eigenvalue weighted by atomic mass is 16.6. The van der Waals surface area contributed by atoms with Crippen LogP contribution in [0.2, 0.25) is 0 Å². The predicted octanol–water partition coefficient (Wildman–Crippen LogP) is 4.34. The molecule has 0 unspecified atom stereocenters. The maximum absolute atomic E-state index is 12.5. The van der Waals surface area contributed by atoms with Crippen LogP contribution < -0.4 is 11.1 Å². The maximum Gasteiger partial charge on any atom is 0.410 e. The molecule has 0 bridgehead atoms. The molecule has 4 rings (SSSR count). The standard InChI is InChI=1S/C27H36N8O3/c1-6-7-8-10-20(33-12-14-34(15-13-33)26(36)38-27(3,4)5)19(2)18-29-22-17-23-31-24(21-11-9-16-37-21)32-35(23)25(28)30-22/h6-11,16-17,29H,12-15,18H2,1-5H3,(H2,28,30)/b7-6-,10-8-,20-19-. The van der Waals surface area contributed by atoms with Crippen LogP contribution in [0.4, 0.5) is 16.6 Å². The summed E-state index contributed by atoms with van der Waals surface area (Å²) >= 11 is 0. The summed E-state index contributed by atoms with van der Waals surface area (Å²) in [5.74, 6) is 1.83. The monoisotopic (exact) mass is 520 g/mol. The Morgan fingerprint density at radius 3 is 2.58 bits per heavy atom. The van der Waals surface area contributed by atoms with Crippen molar-refractivity contribution in [3.63, 3.8) is 0 Å². The summed E-state index contributed by atoms with van der Waals surface area (Å²) in [6, 6.07) is 5.38. The van der Waals surface area contributed by atoms with Gasteiger partial charge < -0.3 is 30.0 Å². The highest BCUT2D eigenvalue weighted by Gasteiger charge is 2.26. The molecule has 202 valence electrons. The van der Waals surface area contributed by atoms with E-state index in [9.17, 15) is 4.79 Å². The second kappa shape index (κ2) is 11.4. The first-order valence-corrected chi connectivity index (χ1v) is 12.7. The number of nitrogens with zero attached hydrogens (tertiary/aromatic N) is 6. The van der Waals surface area contributed by atoms with Gasteiger partial charge in [-0.25, -0.2) is 9.78 Å². The van der Waals surface area contributed by atoms with Gasteiger partial charge in [-0.2, -0.15) is 9.50 Å². The molecule has 11 heteroatoms. The molecular weight excluding hydrogens is 484 g/mol. The van der Waals surface area contributed by atoms with Crippen LogP contribution in [0.5, 0.6) is 0 Å². The van der Waals surface area contributed by atoms with Crippen LogP contribution in [0.15, 0.2) is 64.5 Å². The van der Waals surface area contributed by atoms with E-state index in [1.807, 2.05) is 45.9 Å². The van der Waals surface area contributed by atoms with Crippen molar-refractivity contribution in [2.45, 2.75) is 40.2 Å². The molecule has 1 aliphatic rings. The van der Waals surface area contributed by atoms with E-state index < -0.39 is 5.60 Å². The van der Waals surface area contributed by atoms with Gasteiger partial charge in [0, 0.05) is 44.5 Å². The number of rotatable bonds is 7.